The van der Waals surface area contributed by atoms with E-state index in [0.29, 0.717) is 18.8 Å². The van der Waals surface area contributed by atoms with Crippen LogP contribution >= 0.6 is 0 Å². The zero-order chi connectivity index (χ0) is 11.1. The summed E-state index contributed by atoms with van der Waals surface area (Å²) in [4.78, 5) is 11.2. The third-order valence-corrected chi connectivity index (χ3v) is 1.92. The summed E-state index contributed by atoms with van der Waals surface area (Å²) >= 11 is 0. The number of benzene rings is 1. The van der Waals surface area contributed by atoms with Gasteiger partial charge in [-0.3, -0.25) is 4.79 Å². The first-order chi connectivity index (χ1) is 7.27. The fourth-order valence-corrected chi connectivity index (χ4v) is 1.10. The Morgan fingerprint density at radius 2 is 1.93 bits per heavy atom. The maximum atomic E-state index is 11.2. The molecule has 2 N–H and O–H groups in total. The molecule has 0 aliphatic rings. The van der Waals surface area contributed by atoms with Crippen LogP contribution in [0.25, 0.3) is 0 Å². The van der Waals surface area contributed by atoms with Gasteiger partial charge in [0.1, 0.15) is 12.4 Å². The van der Waals surface area contributed by atoms with Crippen LogP contribution in [0.2, 0.25) is 0 Å². The van der Waals surface area contributed by atoms with Gasteiger partial charge in [-0.25, -0.2) is 0 Å². The molecule has 0 atom stereocenters. The SMILES string of the molecule is COCCOc1ccc(C(=O)CN)cc1. The lowest BCUT2D eigenvalue weighted by Crippen LogP contribution is -2.13. The third kappa shape index (κ3) is 3.69. The molecule has 0 saturated heterocycles. The smallest absolute Gasteiger partial charge is 0.176 e. The molecule has 0 aliphatic carbocycles. The van der Waals surface area contributed by atoms with Gasteiger partial charge < -0.3 is 15.2 Å². The molecule has 0 amide bonds. The summed E-state index contributed by atoms with van der Waals surface area (Å²) < 4.78 is 10.2. The first-order valence-electron chi connectivity index (χ1n) is 4.73. The Morgan fingerprint density at radius 1 is 1.27 bits per heavy atom. The van der Waals surface area contributed by atoms with Crippen LogP contribution in [0.15, 0.2) is 24.3 Å². The van der Waals surface area contributed by atoms with Gasteiger partial charge in [0.15, 0.2) is 5.78 Å². The van der Waals surface area contributed by atoms with Crippen molar-refractivity contribution in [2.24, 2.45) is 5.73 Å². The molecule has 1 rings (SSSR count). The van der Waals surface area contributed by atoms with Gasteiger partial charge in [-0.05, 0) is 24.3 Å². The lowest BCUT2D eigenvalue weighted by molar-refractivity contribution is 0.100. The molecule has 4 heteroatoms. The minimum Gasteiger partial charge on any atom is -0.491 e. The Labute approximate surface area is 89.0 Å². The topological polar surface area (TPSA) is 61.5 Å². The molecule has 0 radical (unpaired) electrons. The van der Waals surface area contributed by atoms with Crippen LogP contribution in [0, 0.1) is 0 Å². The summed E-state index contributed by atoms with van der Waals surface area (Å²) in [6.07, 6.45) is 0. The number of hydrogen-bond acceptors (Lipinski definition) is 4. The monoisotopic (exact) mass is 209 g/mol. The lowest BCUT2D eigenvalue weighted by atomic mass is 10.1. The number of methoxy groups -OCH3 is 1. The summed E-state index contributed by atoms with van der Waals surface area (Å²) in [6, 6.07) is 6.91. The standard InChI is InChI=1S/C11H15NO3/c1-14-6-7-15-10-4-2-9(3-5-10)11(13)8-12/h2-5H,6-8,12H2,1H3. The Kier molecular flexibility index (Phi) is 4.80. The Bertz CT molecular complexity index is 308. The molecular formula is C11H15NO3. The van der Waals surface area contributed by atoms with Gasteiger partial charge in [0.25, 0.3) is 0 Å². The van der Waals surface area contributed by atoms with Crippen molar-refractivity contribution in [3.8, 4) is 5.75 Å². The van der Waals surface area contributed by atoms with Crippen molar-refractivity contribution < 1.29 is 14.3 Å². The van der Waals surface area contributed by atoms with Crippen LogP contribution in [-0.2, 0) is 4.74 Å². The van der Waals surface area contributed by atoms with Crippen LogP contribution in [0.4, 0.5) is 0 Å². The normalized spacial score (nSPS) is 10.0. The molecule has 1 aromatic rings. The highest BCUT2D eigenvalue weighted by Crippen LogP contribution is 2.12. The van der Waals surface area contributed by atoms with Crippen molar-refractivity contribution in [3.05, 3.63) is 29.8 Å². The van der Waals surface area contributed by atoms with Crippen molar-refractivity contribution in [3.63, 3.8) is 0 Å². The van der Waals surface area contributed by atoms with Crippen LogP contribution in [0.5, 0.6) is 5.75 Å². The average molecular weight is 209 g/mol. The van der Waals surface area contributed by atoms with Crippen molar-refractivity contribution in [1.82, 2.24) is 0 Å². The van der Waals surface area contributed by atoms with Crippen LogP contribution < -0.4 is 10.5 Å². The van der Waals surface area contributed by atoms with Gasteiger partial charge in [-0.15, -0.1) is 0 Å². The third-order valence-electron chi connectivity index (χ3n) is 1.92. The van der Waals surface area contributed by atoms with Crippen molar-refractivity contribution in [2.75, 3.05) is 26.9 Å². The van der Waals surface area contributed by atoms with Crippen molar-refractivity contribution in [1.29, 1.82) is 0 Å². The zero-order valence-corrected chi connectivity index (χ0v) is 8.73. The molecule has 15 heavy (non-hydrogen) atoms. The summed E-state index contributed by atoms with van der Waals surface area (Å²) in [5, 5.41) is 0. The second kappa shape index (κ2) is 6.16. The first kappa shape index (κ1) is 11.7. The maximum absolute atomic E-state index is 11.2. The van der Waals surface area contributed by atoms with Gasteiger partial charge in [-0.2, -0.15) is 0 Å². The van der Waals surface area contributed by atoms with E-state index in [4.69, 9.17) is 15.2 Å². The number of ether oxygens (including phenoxy) is 2. The van der Waals surface area contributed by atoms with Crippen molar-refractivity contribution >= 4 is 5.78 Å². The first-order valence-corrected chi connectivity index (χ1v) is 4.73. The Morgan fingerprint density at radius 3 is 2.47 bits per heavy atom. The van der Waals surface area contributed by atoms with E-state index in [1.54, 1.807) is 31.4 Å². The Balaban J connectivity index is 2.52. The highest BCUT2D eigenvalue weighted by molar-refractivity contribution is 5.97. The van der Waals surface area contributed by atoms with Crippen LogP contribution in [-0.4, -0.2) is 32.7 Å². The molecule has 0 spiro atoms. The second-order valence-electron chi connectivity index (χ2n) is 2.99. The number of nitrogens with two attached hydrogens (primary N) is 1. The van der Waals surface area contributed by atoms with E-state index >= 15 is 0 Å². The molecule has 0 saturated carbocycles. The molecule has 82 valence electrons. The molecule has 1 aromatic carbocycles. The molecule has 0 bridgehead atoms. The van der Waals surface area contributed by atoms with Gasteiger partial charge >= 0.3 is 0 Å². The van der Waals surface area contributed by atoms with Gasteiger partial charge in [0.2, 0.25) is 0 Å². The summed E-state index contributed by atoms with van der Waals surface area (Å²) in [5.74, 6) is 0.652. The minimum atomic E-state index is -0.0709. The van der Waals surface area contributed by atoms with Gasteiger partial charge in [0.05, 0.1) is 13.2 Å². The lowest BCUT2D eigenvalue weighted by Gasteiger charge is -2.05. The molecule has 0 unspecified atom stereocenters. The van der Waals surface area contributed by atoms with E-state index in [1.165, 1.54) is 0 Å². The number of carbonyl (C=O) groups is 1. The molecule has 0 aliphatic heterocycles. The molecule has 4 nitrogen and oxygen atoms in total. The van der Waals surface area contributed by atoms with Gasteiger partial charge in [0, 0.05) is 12.7 Å². The summed E-state index contributed by atoms with van der Waals surface area (Å²) in [5.41, 5.74) is 5.85. The quantitative estimate of drug-likeness (QED) is 0.557. The van der Waals surface area contributed by atoms with E-state index in [-0.39, 0.29) is 12.3 Å². The van der Waals surface area contributed by atoms with E-state index in [2.05, 4.69) is 0 Å². The fourth-order valence-electron chi connectivity index (χ4n) is 1.10. The zero-order valence-electron chi connectivity index (χ0n) is 8.73. The van der Waals surface area contributed by atoms with E-state index in [1.807, 2.05) is 0 Å². The predicted octanol–water partition coefficient (Wildman–Crippen LogP) is 0.853. The fraction of sp³-hybridized carbons (Fsp3) is 0.364. The van der Waals surface area contributed by atoms with Crippen molar-refractivity contribution in [2.45, 2.75) is 0 Å². The van der Waals surface area contributed by atoms with E-state index < -0.39 is 0 Å². The molecular weight excluding hydrogens is 194 g/mol. The number of hydrogen-bond donors (Lipinski definition) is 1. The summed E-state index contributed by atoms with van der Waals surface area (Å²) in [7, 11) is 1.62. The van der Waals surface area contributed by atoms with Crippen LogP contribution in [0.3, 0.4) is 0 Å². The number of Topliss-reactive ketones (excluding diaryl/α,β-unsaturated/α-hetero) is 1. The van der Waals surface area contributed by atoms with E-state index in [9.17, 15) is 4.79 Å². The summed E-state index contributed by atoms with van der Waals surface area (Å²) in [6.45, 7) is 1.08. The molecule has 0 fully saturated rings. The number of rotatable bonds is 6. The highest BCUT2D eigenvalue weighted by atomic mass is 16.5. The van der Waals surface area contributed by atoms with Crippen LogP contribution in [0.1, 0.15) is 10.4 Å². The number of carbonyl (C=O) groups excluding carboxylic acids is 1. The maximum Gasteiger partial charge on any atom is 0.176 e. The molecule has 0 aromatic heterocycles. The average Bonchev–Trinajstić information content (AvgIpc) is 2.29. The largest absolute Gasteiger partial charge is 0.491 e. The van der Waals surface area contributed by atoms with Gasteiger partial charge in [-0.1, -0.05) is 0 Å². The second-order valence-corrected chi connectivity index (χ2v) is 2.99. The highest BCUT2D eigenvalue weighted by Gasteiger charge is 2.02. The van der Waals surface area contributed by atoms with E-state index in [0.717, 1.165) is 5.75 Å². The minimum absolute atomic E-state index is 0.0316. The predicted molar refractivity (Wildman–Crippen MR) is 57.2 cm³/mol. The molecule has 0 heterocycles. The number of ketones is 1. The Hall–Kier alpha value is -1.39.